The van der Waals surface area contributed by atoms with Crippen LogP contribution in [0.5, 0.6) is 5.75 Å². The number of aliphatic hydroxyl groups is 1. The molecule has 2 atom stereocenters. The fourth-order valence-electron chi connectivity index (χ4n) is 2.26. The summed E-state index contributed by atoms with van der Waals surface area (Å²) in [5.41, 5.74) is -0.114. The molecule has 5 heteroatoms. The first-order chi connectivity index (χ1) is 9.57. The van der Waals surface area contributed by atoms with Crippen LogP contribution < -0.4 is 10.1 Å². The maximum atomic E-state index is 12.7. The molecule has 1 aromatic carbocycles. The molecule has 0 spiro atoms. The van der Waals surface area contributed by atoms with Crippen molar-refractivity contribution in [3.63, 3.8) is 0 Å². The molecule has 1 aromatic rings. The molecule has 1 fully saturated rings. The molecule has 4 nitrogen and oxygen atoms in total. The largest absolute Gasteiger partial charge is 0.491 e. The second kappa shape index (κ2) is 7.02. The lowest BCUT2D eigenvalue weighted by molar-refractivity contribution is 0.0170. The summed E-state index contributed by atoms with van der Waals surface area (Å²) in [5, 5.41) is 13.0. The van der Waals surface area contributed by atoms with Crippen molar-refractivity contribution in [3.8, 4) is 5.75 Å². The van der Waals surface area contributed by atoms with E-state index in [1.54, 1.807) is 12.1 Å². The van der Waals surface area contributed by atoms with Crippen LogP contribution in [0.3, 0.4) is 0 Å². The van der Waals surface area contributed by atoms with Gasteiger partial charge in [0.25, 0.3) is 0 Å². The summed E-state index contributed by atoms with van der Waals surface area (Å²) in [5.74, 6) is 0.251. The molecule has 2 unspecified atom stereocenters. The van der Waals surface area contributed by atoms with Gasteiger partial charge in [0, 0.05) is 19.7 Å². The minimum absolute atomic E-state index is 0.114. The Balaban J connectivity index is 1.62. The van der Waals surface area contributed by atoms with E-state index in [4.69, 9.17) is 9.47 Å². The smallest absolute Gasteiger partial charge is 0.123 e. The van der Waals surface area contributed by atoms with Crippen LogP contribution in [-0.4, -0.2) is 43.1 Å². The molecular weight excluding hydrogens is 261 g/mol. The lowest BCUT2D eigenvalue weighted by Crippen LogP contribution is -2.41. The Morgan fingerprint density at radius 3 is 2.85 bits per heavy atom. The van der Waals surface area contributed by atoms with E-state index >= 15 is 0 Å². The van der Waals surface area contributed by atoms with Crippen LogP contribution in [0.2, 0.25) is 0 Å². The number of nitrogens with one attached hydrogen (secondary N) is 1. The lowest BCUT2D eigenvalue weighted by Gasteiger charge is -2.24. The number of benzene rings is 1. The first-order valence-electron chi connectivity index (χ1n) is 6.98. The molecule has 0 saturated carbocycles. The van der Waals surface area contributed by atoms with Crippen molar-refractivity contribution in [1.82, 2.24) is 5.32 Å². The molecule has 0 radical (unpaired) electrons. The zero-order valence-corrected chi connectivity index (χ0v) is 11.8. The van der Waals surface area contributed by atoms with E-state index in [9.17, 15) is 9.50 Å². The number of ether oxygens (including phenoxy) is 2. The normalized spacial score (nSPS) is 23.8. The van der Waals surface area contributed by atoms with Crippen molar-refractivity contribution in [3.05, 3.63) is 30.1 Å². The number of hydrogen-bond acceptors (Lipinski definition) is 4. The molecule has 0 bridgehead atoms. The van der Waals surface area contributed by atoms with Gasteiger partial charge in [-0.1, -0.05) is 0 Å². The van der Waals surface area contributed by atoms with Crippen LogP contribution in [0, 0.1) is 5.82 Å². The first-order valence-corrected chi connectivity index (χ1v) is 6.98. The Hall–Kier alpha value is -1.17. The number of hydrogen-bond donors (Lipinski definition) is 2. The third-order valence-corrected chi connectivity index (χ3v) is 3.44. The van der Waals surface area contributed by atoms with Crippen molar-refractivity contribution < 1.29 is 19.0 Å². The molecule has 1 aliphatic heterocycles. The lowest BCUT2D eigenvalue weighted by atomic mass is 10.0. The first kappa shape index (κ1) is 15.2. The van der Waals surface area contributed by atoms with Crippen LogP contribution in [0.4, 0.5) is 4.39 Å². The number of rotatable bonds is 7. The van der Waals surface area contributed by atoms with Gasteiger partial charge < -0.3 is 19.9 Å². The molecule has 1 heterocycles. The molecule has 1 aliphatic rings. The summed E-state index contributed by atoms with van der Waals surface area (Å²) in [6.45, 7) is 4.24. The maximum Gasteiger partial charge on any atom is 0.123 e. The third kappa shape index (κ3) is 4.74. The van der Waals surface area contributed by atoms with E-state index in [1.807, 2.05) is 0 Å². The minimum atomic E-state index is -0.606. The van der Waals surface area contributed by atoms with Gasteiger partial charge in [0.2, 0.25) is 0 Å². The fourth-order valence-corrected chi connectivity index (χ4v) is 2.26. The average Bonchev–Trinajstić information content (AvgIpc) is 2.85. The van der Waals surface area contributed by atoms with E-state index in [-0.39, 0.29) is 18.0 Å². The predicted molar refractivity (Wildman–Crippen MR) is 74.4 cm³/mol. The minimum Gasteiger partial charge on any atom is -0.491 e. The highest BCUT2D eigenvalue weighted by atomic mass is 19.1. The summed E-state index contributed by atoms with van der Waals surface area (Å²) in [4.78, 5) is 0. The fraction of sp³-hybridized carbons (Fsp3) is 0.600. The Morgan fingerprint density at radius 1 is 1.45 bits per heavy atom. The van der Waals surface area contributed by atoms with Crippen LogP contribution >= 0.6 is 0 Å². The standard InChI is InChI=1S/C15H22FNO3/c1-15(7-2-8-20-15)11-17-9-13(18)10-19-14-5-3-12(16)4-6-14/h3-6,13,17-18H,2,7-11H2,1H3. The van der Waals surface area contributed by atoms with Crippen molar-refractivity contribution >= 4 is 0 Å². The van der Waals surface area contributed by atoms with E-state index in [1.165, 1.54) is 12.1 Å². The molecule has 2 N–H and O–H groups in total. The summed E-state index contributed by atoms with van der Waals surface area (Å²) in [6.07, 6.45) is 1.53. The van der Waals surface area contributed by atoms with Gasteiger partial charge >= 0.3 is 0 Å². The number of aliphatic hydroxyl groups excluding tert-OH is 1. The van der Waals surface area contributed by atoms with Gasteiger partial charge in [0.05, 0.1) is 5.60 Å². The van der Waals surface area contributed by atoms with Crippen LogP contribution in [-0.2, 0) is 4.74 Å². The Kier molecular flexibility index (Phi) is 5.34. The van der Waals surface area contributed by atoms with Crippen molar-refractivity contribution in [1.29, 1.82) is 0 Å². The van der Waals surface area contributed by atoms with E-state index < -0.39 is 6.10 Å². The average molecular weight is 283 g/mol. The van der Waals surface area contributed by atoms with E-state index in [0.717, 1.165) is 26.0 Å². The monoisotopic (exact) mass is 283 g/mol. The second-order valence-electron chi connectivity index (χ2n) is 5.45. The van der Waals surface area contributed by atoms with Crippen molar-refractivity contribution in [2.24, 2.45) is 0 Å². The SMILES string of the molecule is CC1(CNCC(O)COc2ccc(F)cc2)CCCO1. The maximum absolute atomic E-state index is 12.7. The van der Waals surface area contributed by atoms with Crippen LogP contribution in [0.1, 0.15) is 19.8 Å². The Morgan fingerprint density at radius 2 is 2.20 bits per heavy atom. The molecule has 2 rings (SSSR count). The van der Waals surface area contributed by atoms with Gasteiger partial charge in [0.1, 0.15) is 24.3 Å². The molecule has 0 aromatic heterocycles. The summed E-state index contributed by atoms with van der Waals surface area (Å²) < 4.78 is 23.7. The zero-order valence-electron chi connectivity index (χ0n) is 11.8. The van der Waals surface area contributed by atoms with Gasteiger partial charge in [0.15, 0.2) is 0 Å². The van der Waals surface area contributed by atoms with Crippen molar-refractivity contribution in [2.45, 2.75) is 31.5 Å². The highest BCUT2D eigenvalue weighted by Gasteiger charge is 2.29. The molecule has 0 aliphatic carbocycles. The quantitative estimate of drug-likeness (QED) is 0.800. The Bertz CT molecular complexity index is 404. The predicted octanol–water partition coefficient (Wildman–Crippen LogP) is 1.72. The molecule has 20 heavy (non-hydrogen) atoms. The van der Waals surface area contributed by atoms with Crippen molar-refractivity contribution in [2.75, 3.05) is 26.3 Å². The highest BCUT2D eigenvalue weighted by Crippen LogP contribution is 2.23. The highest BCUT2D eigenvalue weighted by molar-refractivity contribution is 5.22. The zero-order chi connectivity index (χ0) is 14.4. The molecule has 1 saturated heterocycles. The van der Waals surface area contributed by atoms with Crippen LogP contribution in [0.25, 0.3) is 0 Å². The van der Waals surface area contributed by atoms with Gasteiger partial charge in [-0.2, -0.15) is 0 Å². The summed E-state index contributed by atoms with van der Waals surface area (Å²) >= 11 is 0. The van der Waals surface area contributed by atoms with Crippen LogP contribution in [0.15, 0.2) is 24.3 Å². The van der Waals surface area contributed by atoms with Gasteiger partial charge in [-0.3, -0.25) is 0 Å². The molecule has 112 valence electrons. The summed E-state index contributed by atoms with van der Waals surface area (Å²) in [7, 11) is 0. The second-order valence-corrected chi connectivity index (χ2v) is 5.45. The van der Waals surface area contributed by atoms with Gasteiger partial charge in [-0.25, -0.2) is 4.39 Å². The molecular formula is C15H22FNO3. The summed E-state index contributed by atoms with van der Waals surface area (Å²) in [6, 6.07) is 5.75. The third-order valence-electron chi connectivity index (χ3n) is 3.44. The van der Waals surface area contributed by atoms with E-state index in [0.29, 0.717) is 12.3 Å². The van der Waals surface area contributed by atoms with Gasteiger partial charge in [-0.05, 0) is 44.0 Å². The Labute approximate surface area is 118 Å². The van der Waals surface area contributed by atoms with Gasteiger partial charge in [-0.15, -0.1) is 0 Å². The topological polar surface area (TPSA) is 50.7 Å². The number of halogens is 1. The molecule has 0 amide bonds. The van der Waals surface area contributed by atoms with E-state index in [2.05, 4.69) is 12.2 Å².